The molecule has 164 valence electrons. The largest absolute Gasteiger partial charge is 0.379 e. The summed E-state index contributed by atoms with van der Waals surface area (Å²) in [6, 6.07) is 9.15. The minimum absolute atomic E-state index is 0.0407. The predicted octanol–water partition coefficient (Wildman–Crippen LogP) is 0.618. The van der Waals surface area contributed by atoms with Crippen molar-refractivity contribution in [1.82, 2.24) is 14.3 Å². The number of carbonyl (C=O) groups is 1. The lowest BCUT2D eigenvalue weighted by molar-refractivity contribution is 0.0730. The van der Waals surface area contributed by atoms with E-state index in [1.807, 2.05) is 17.5 Å². The maximum atomic E-state index is 12.4. The van der Waals surface area contributed by atoms with Gasteiger partial charge in [0.2, 0.25) is 20.0 Å². The zero-order valence-electron chi connectivity index (χ0n) is 16.1. The Bertz CT molecular complexity index is 1050. The molecule has 0 bridgehead atoms. The maximum absolute atomic E-state index is 12.4. The normalized spacial score (nSPS) is 15.7. The second-order valence-corrected chi connectivity index (χ2v) is 11.4. The highest BCUT2D eigenvalue weighted by Crippen LogP contribution is 2.13. The van der Waals surface area contributed by atoms with Gasteiger partial charge in [0, 0.05) is 36.6 Å². The Labute approximate surface area is 180 Å². The van der Waals surface area contributed by atoms with Crippen LogP contribution in [0.3, 0.4) is 0 Å². The van der Waals surface area contributed by atoms with E-state index in [9.17, 15) is 21.6 Å². The first-order valence-electron chi connectivity index (χ1n) is 9.24. The Morgan fingerprint density at radius 3 is 2.40 bits per heavy atom. The molecule has 2 N–H and O–H groups in total. The van der Waals surface area contributed by atoms with Crippen molar-refractivity contribution in [1.29, 1.82) is 0 Å². The van der Waals surface area contributed by atoms with Gasteiger partial charge in [-0.05, 0) is 35.7 Å². The van der Waals surface area contributed by atoms with Gasteiger partial charge in [-0.25, -0.2) is 21.6 Å². The Balaban J connectivity index is 1.52. The first kappa shape index (κ1) is 22.8. The molecule has 1 fully saturated rings. The number of ether oxygens (including phenoxy) is 1. The van der Waals surface area contributed by atoms with Crippen LogP contribution in [0.2, 0.25) is 0 Å². The van der Waals surface area contributed by atoms with E-state index >= 15 is 0 Å². The molecule has 0 unspecified atom stereocenters. The molecule has 12 heteroatoms. The van der Waals surface area contributed by atoms with Gasteiger partial charge in [-0.2, -0.15) is 4.31 Å². The van der Waals surface area contributed by atoms with Crippen molar-refractivity contribution in [2.75, 3.05) is 38.6 Å². The van der Waals surface area contributed by atoms with Crippen molar-refractivity contribution in [2.45, 2.75) is 11.4 Å². The van der Waals surface area contributed by atoms with E-state index in [1.165, 1.54) is 39.9 Å². The summed E-state index contributed by atoms with van der Waals surface area (Å²) in [6.07, 6.45) is 0. The molecule has 1 saturated heterocycles. The zero-order chi connectivity index (χ0) is 21.6. The molecule has 0 saturated carbocycles. The Kier molecular flexibility index (Phi) is 7.60. The third-order valence-electron chi connectivity index (χ3n) is 4.45. The average molecular weight is 474 g/mol. The summed E-state index contributed by atoms with van der Waals surface area (Å²) in [5.41, 5.74) is 0.246. The summed E-state index contributed by atoms with van der Waals surface area (Å²) in [4.78, 5) is 13.2. The van der Waals surface area contributed by atoms with Crippen LogP contribution in [0.25, 0.3) is 0 Å². The van der Waals surface area contributed by atoms with Gasteiger partial charge in [0.05, 0.1) is 23.9 Å². The Morgan fingerprint density at radius 2 is 1.77 bits per heavy atom. The van der Waals surface area contributed by atoms with E-state index in [4.69, 9.17) is 4.74 Å². The van der Waals surface area contributed by atoms with E-state index in [2.05, 4.69) is 10.0 Å². The molecule has 30 heavy (non-hydrogen) atoms. The quantitative estimate of drug-likeness (QED) is 0.551. The van der Waals surface area contributed by atoms with Crippen LogP contribution < -0.4 is 10.0 Å². The first-order chi connectivity index (χ1) is 14.3. The number of nitrogens with one attached hydrogen (secondary N) is 2. The fourth-order valence-electron chi connectivity index (χ4n) is 2.80. The van der Waals surface area contributed by atoms with Gasteiger partial charge in [0.1, 0.15) is 0 Å². The molecule has 0 spiro atoms. The van der Waals surface area contributed by atoms with Crippen molar-refractivity contribution in [2.24, 2.45) is 0 Å². The molecule has 3 rings (SSSR count). The van der Waals surface area contributed by atoms with Gasteiger partial charge in [0.15, 0.2) is 0 Å². The lowest BCUT2D eigenvalue weighted by atomic mass is 10.2. The fourth-order valence-corrected chi connectivity index (χ4v) is 5.86. The number of morpholine rings is 1. The molecule has 1 aliphatic rings. The van der Waals surface area contributed by atoms with Crippen molar-refractivity contribution >= 4 is 37.3 Å². The van der Waals surface area contributed by atoms with Gasteiger partial charge in [-0.3, -0.25) is 4.79 Å². The molecule has 0 aliphatic carbocycles. The van der Waals surface area contributed by atoms with Crippen molar-refractivity contribution in [3.8, 4) is 0 Å². The monoisotopic (exact) mass is 473 g/mol. The summed E-state index contributed by atoms with van der Waals surface area (Å²) in [5, 5.41) is 4.42. The summed E-state index contributed by atoms with van der Waals surface area (Å²) in [5.74, 6) is -0.680. The minimum Gasteiger partial charge on any atom is -0.379 e. The second-order valence-electron chi connectivity index (χ2n) is 6.51. The first-order valence-corrected chi connectivity index (χ1v) is 13.2. The standard InChI is InChI=1S/C18H23N3O6S3/c22-18(19-7-13-29(23,24)21-8-10-27-11-9-21)15-3-5-17(6-4-15)30(25,26)20-14-16-2-1-12-28-16/h1-6,12,20H,7-11,13-14H2,(H,19,22). The smallest absolute Gasteiger partial charge is 0.251 e. The average Bonchev–Trinajstić information content (AvgIpc) is 3.27. The van der Waals surface area contributed by atoms with Gasteiger partial charge in [-0.15, -0.1) is 11.3 Å². The van der Waals surface area contributed by atoms with Crippen LogP contribution >= 0.6 is 11.3 Å². The van der Waals surface area contributed by atoms with Gasteiger partial charge < -0.3 is 10.1 Å². The van der Waals surface area contributed by atoms with Crippen LogP contribution in [0.15, 0.2) is 46.7 Å². The van der Waals surface area contributed by atoms with E-state index < -0.39 is 26.0 Å². The predicted molar refractivity (Wildman–Crippen MR) is 113 cm³/mol. The minimum atomic E-state index is -3.70. The molecule has 1 aliphatic heterocycles. The lowest BCUT2D eigenvalue weighted by Gasteiger charge is -2.26. The number of nitrogens with zero attached hydrogens (tertiary/aromatic N) is 1. The third-order valence-corrected chi connectivity index (χ3v) is 8.62. The van der Waals surface area contributed by atoms with Crippen LogP contribution in [0.4, 0.5) is 0 Å². The number of carbonyl (C=O) groups excluding carboxylic acids is 1. The number of rotatable bonds is 9. The van der Waals surface area contributed by atoms with Gasteiger partial charge in [0.25, 0.3) is 5.91 Å². The molecular formula is C18H23N3O6S3. The van der Waals surface area contributed by atoms with Crippen molar-refractivity contribution in [3.05, 3.63) is 52.2 Å². The summed E-state index contributed by atoms with van der Waals surface area (Å²) in [6.45, 7) is 1.51. The SMILES string of the molecule is O=C(NCCS(=O)(=O)N1CCOCC1)c1ccc(S(=O)(=O)NCc2cccs2)cc1. The molecule has 1 aromatic heterocycles. The number of hydrogen-bond acceptors (Lipinski definition) is 7. The fraction of sp³-hybridized carbons (Fsp3) is 0.389. The molecule has 1 aromatic carbocycles. The van der Waals surface area contributed by atoms with E-state index in [1.54, 1.807) is 0 Å². The summed E-state index contributed by atoms with van der Waals surface area (Å²) < 4.78 is 58.2. The van der Waals surface area contributed by atoms with Crippen LogP contribution in [0.5, 0.6) is 0 Å². The number of thiophene rings is 1. The van der Waals surface area contributed by atoms with Gasteiger partial charge >= 0.3 is 0 Å². The van der Waals surface area contributed by atoms with Crippen LogP contribution in [0, 0.1) is 0 Å². The molecule has 2 aromatic rings. The maximum Gasteiger partial charge on any atom is 0.251 e. The van der Waals surface area contributed by atoms with Crippen molar-refractivity contribution in [3.63, 3.8) is 0 Å². The molecule has 2 heterocycles. The molecule has 0 atom stereocenters. The zero-order valence-corrected chi connectivity index (χ0v) is 18.6. The Morgan fingerprint density at radius 1 is 1.07 bits per heavy atom. The van der Waals surface area contributed by atoms with Crippen molar-refractivity contribution < 1.29 is 26.4 Å². The summed E-state index contributed by atoms with van der Waals surface area (Å²) in [7, 11) is -7.16. The third kappa shape index (κ3) is 6.09. The molecule has 9 nitrogen and oxygen atoms in total. The van der Waals surface area contributed by atoms with Crippen LogP contribution in [-0.4, -0.2) is 65.6 Å². The second kappa shape index (κ2) is 9.98. The highest BCUT2D eigenvalue weighted by molar-refractivity contribution is 7.89. The van der Waals surface area contributed by atoms with Gasteiger partial charge in [-0.1, -0.05) is 6.07 Å². The molecule has 0 radical (unpaired) electrons. The number of hydrogen-bond donors (Lipinski definition) is 2. The number of benzene rings is 1. The Hall–Kier alpha value is -1.83. The van der Waals surface area contributed by atoms with E-state index in [0.717, 1.165) is 4.88 Å². The van der Waals surface area contributed by atoms with E-state index in [0.29, 0.717) is 26.3 Å². The van der Waals surface area contributed by atoms with Crippen LogP contribution in [0.1, 0.15) is 15.2 Å². The topological polar surface area (TPSA) is 122 Å². The van der Waals surface area contributed by atoms with Crippen LogP contribution in [-0.2, 0) is 31.3 Å². The number of amides is 1. The lowest BCUT2D eigenvalue weighted by Crippen LogP contribution is -2.43. The molecule has 1 amide bonds. The summed E-state index contributed by atoms with van der Waals surface area (Å²) >= 11 is 1.45. The molecular weight excluding hydrogens is 450 g/mol. The number of sulfonamides is 2. The highest BCUT2D eigenvalue weighted by Gasteiger charge is 2.24. The highest BCUT2D eigenvalue weighted by atomic mass is 32.2. The van der Waals surface area contributed by atoms with E-state index in [-0.39, 0.29) is 29.3 Å².